The SMILES string of the molecule is CCCCC[C@H]1CC[C@H](C2(c3ccccc3C[C@@H](C)CC)C=CC(C(=O)O)C=C2)CC1. The van der Waals surface area contributed by atoms with E-state index in [1.807, 2.05) is 12.2 Å². The Morgan fingerprint density at radius 2 is 1.74 bits per heavy atom. The van der Waals surface area contributed by atoms with Crippen LogP contribution in [-0.2, 0) is 16.6 Å². The van der Waals surface area contributed by atoms with Crippen LogP contribution in [0.1, 0.15) is 89.7 Å². The zero-order chi connectivity index (χ0) is 22.3. The summed E-state index contributed by atoms with van der Waals surface area (Å²) in [7, 11) is 0. The minimum atomic E-state index is -0.756. The first-order chi connectivity index (χ1) is 15.0. The van der Waals surface area contributed by atoms with Gasteiger partial charge in [0.15, 0.2) is 0 Å². The van der Waals surface area contributed by atoms with Crippen molar-refractivity contribution in [2.75, 3.05) is 0 Å². The number of carboxylic acids is 1. The van der Waals surface area contributed by atoms with Gasteiger partial charge in [-0.25, -0.2) is 0 Å². The summed E-state index contributed by atoms with van der Waals surface area (Å²) in [6.07, 6.45) is 21.2. The van der Waals surface area contributed by atoms with Crippen molar-refractivity contribution in [3.8, 4) is 0 Å². The van der Waals surface area contributed by atoms with Crippen LogP contribution in [0.4, 0.5) is 0 Å². The van der Waals surface area contributed by atoms with E-state index in [1.54, 1.807) is 0 Å². The predicted octanol–water partition coefficient (Wildman–Crippen LogP) is 7.73. The van der Waals surface area contributed by atoms with Gasteiger partial charge in [-0.1, -0.05) is 114 Å². The van der Waals surface area contributed by atoms with Gasteiger partial charge in [-0.3, -0.25) is 4.79 Å². The third-order valence-corrected chi connectivity index (χ3v) is 7.93. The van der Waals surface area contributed by atoms with Crippen LogP contribution in [0.5, 0.6) is 0 Å². The Labute approximate surface area is 189 Å². The quantitative estimate of drug-likeness (QED) is 0.309. The highest BCUT2D eigenvalue weighted by Crippen LogP contribution is 2.48. The fourth-order valence-electron chi connectivity index (χ4n) is 5.73. The fourth-order valence-corrected chi connectivity index (χ4v) is 5.73. The second-order valence-electron chi connectivity index (χ2n) is 10.1. The van der Waals surface area contributed by atoms with Crippen LogP contribution in [0.25, 0.3) is 0 Å². The number of rotatable bonds is 10. The molecule has 0 bridgehead atoms. The molecule has 2 nitrogen and oxygen atoms in total. The molecule has 1 aromatic carbocycles. The monoisotopic (exact) mass is 422 g/mol. The molecular formula is C29H42O2. The molecule has 1 N–H and O–H groups in total. The summed E-state index contributed by atoms with van der Waals surface area (Å²) in [4.78, 5) is 11.6. The number of hydrogen-bond acceptors (Lipinski definition) is 1. The summed E-state index contributed by atoms with van der Waals surface area (Å²) in [5, 5.41) is 9.53. The molecule has 0 aliphatic heterocycles. The second-order valence-corrected chi connectivity index (χ2v) is 10.1. The molecule has 31 heavy (non-hydrogen) atoms. The molecule has 0 heterocycles. The Hall–Kier alpha value is -1.83. The van der Waals surface area contributed by atoms with Gasteiger partial charge in [0.1, 0.15) is 0 Å². The first kappa shape index (κ1) is 23.8. The van der Waals surface area contributed by atoms with E-state index in [-0.39, 0.29) is 5.41 Å². The third kappa shape index (κ3) is 5.70. The van der Waals surface area contributed by atoms with Crippen LogP contribution in [0.3, 0.4) is 0 Å². The van der Waals surface area contributed by atoms with Crippen LogP contribution < -0.4 is 0 Å². The van der Waals surface area contributed by atoms with Gasteiger partial charge >= 0.3 is 5.97 Å². The van der Waals surface area contributed by atoms with Crippen LogP contribution in [-0.4, -0.2) is 11.1 Å². The first-order valence-corrected chi connectivity index (χ1v) is 12.7. The van der Waals surface area contributed by atoms with Gasteiger partial charge in [0.2, 0.25) is 0 Å². The van der Waals surface area contributed by atoms with Crippen molar-refractivity contribution in [3.05, 3.63) is 59.7 Å². The van der Waals surface area contributed by atoms with E-state index in [0.717, 1.165) is 12.3 Å². The molecule has 2 aliphatic carbocycles. The molecule has 0 unspecified atom stereocenters. The maximum atomic E-state index is 11.6. The van der Waals surface area contributed by atoms with E-state index in [0.29, 0.717) is 11.8 Å². The molecule has 2 aliphatic rings. The molecule has 1 fully saturated rings. The molecule has 170 valence electrons. The zero-order valence-electron chi connectivity index (χ0n) is 19.9. The molecule has 0 amide bonds. The fraction of sp³-hybridized carbons (Fsp3) is 0.621. The summed E-state index contributed by atoms with van der Waals surface area (Å²) >= 11 is 0. The number of benzene rings is 1. The average molecular weight is 423 g/mol. The van der Waals surface area contributed by atoms with Crippen LogP contribution in [0.15, 0.2) is 48.6 Å². The third-order valence-electron chi connectivity index (χ3n) is 7.93. The van der Waals surface area contributed by atoms with Gasteiger partial charge in [-0.15, -0.1) is 0 Å². The number of unbranched alkanes of at least 4 members (excludes halogenated alkanes) is 2. The number of hydrogen-bond donors (Lipinski definition) is 1. The van der Waals surface area contributed by atoms with E-state index >= 15 is 0 Å². The molecular weight excluding hydrogens is 380 g/mol. The van der Waals surface area contributed by atoms with E-state index in [1.165, 1.54) is 68.9 Å². The summed E-state index contributed by atoms with van der Waals surface area (Å²) in [6.45, 7) is 6.88. The Morgan fingerprint density at radius 3 is 2.35 bits per heavy atom. The molecule has 0 spiro atoms. The number of carbonyl (C=O) groups is 1. The molecule has 1 atom stereocenters. The van der Waals surface area contributed by atoms with Crippen LogP contribution in [0.2, 0.25) is 0 Å². The smallest absolute Gasteiger partial charge is 0.314 e. The highest BCUT2D eigenvalue weighted by Gasteiger charge is 2.41. The van der Waals surface area contributed by atoms with Crippen molar-refractivity contribution < 1.29 is 9.90 Å². The van der Waals surface area contributed by atoms with Gasteiger partial charge < -0.3 is 5.11 Å². The molecule has 1 saturated carbocycles. The van der Waals surface area contributed by atoms with Crippen molar-refractivity contribution in [2.24, 2.45) is 23.7 Å². The van der Waals surface area contributed by atoms with Gasteiger partial charge in [-0.2, -0.15) is 0 Å². The van der Waals surface area contributed by atoms with E-state index < -0.39 is 11.9 Å². The standard InChI is InChI=1S/C29H42O2/c1-4-6-7-10-23-13-15-26(16-14-23)29(19-17-24(18-20-29)28(30)31)27-12-9-8-11-25(27)21-22(3)5-2/h8-9,11-12,17-20,22-24,26H,4-7,10,13-16,21H2,1-3H3,(H,30,31)/t22-,23-,24?,26-,29?/m0/s1. The highest BCUT2D eigenvalue weighted by atomic mass is 16.4. The van der Waals surface area contributed by atoms with Gasteiger partial charge in [0.25, 0.3) is 0 Å². The van der Waals surface area contributed by atoms with E-state index in [9.17, 15) is 9.90 Å². The lowest BCUT2D eigenvalue weighted by molar-refractivity contribution is -0.138. The topological polar surface area (TPSA) is 37.3 Å². The minimum Gasteiger partial charge on any atom is -0.481 e. The molecule has 1 aromatic rings. The Balaban J connectivity index is 1.88. The van der Waals surface area contributed by atoms with Crippen molar-refractivity contribution in [3.63, 3.8) is 0 Å². The van der Waals surface area contributed by atoms with Gasteiger partial charge in [-0.05, 0) is 48.1 Å². The number of carboxylic acid groups (broad SMARTS) is 1. The maximum absolute atomic E-state index is 11.6. The van der Waals surface area contributed by atoms with Crippen molar-refractivity contribution in [1.29, 1.82) is 0 Å². The van der Waals surface area contributed by atoms with Crippen molar-refractivity contribution in [2.45, 2.75) is 90.4 Å². The van der Waals surface area contributed by atoms with Crippen LogP contribution in [0, 0.1) is 23.7 Å². The minimum absolute atomic E-state index is 0.162. The molecule has 0 radical (unpaired) electrons. The molecule has 3 rings (SSSR count). The maximum Gasteiger partial charge on any atom is 0.314 e. The summed E-state index contributed by atoms with van der Waals surface area (Å²) in [5.41, 5.74) is 2.68. The summed E-state index contributed by atoms with van der Waals surface area (Å²) in [5.74, 6) is 0.818. The normalized spacial score (nSPS) is 29.1. The zero-order valence-corrected chi connectivity index (χ0v) is 19.9. The Kier molecular flexibility index (Phi) is 8.58. The summed E-state index contributed by atoms with van der Waals surface area (Å²) < 4.78 is 0. The Morgan fingerprint density at radius 1 is 1.06 bits per heavy atom. The Bertz CT molecular complexity index is 753. The lowest BCUT2D eigenvalue weighted by Crippen LogP contribution is -2.37. The first-order valence-electron chi connectivity index (χ1n) is 12.7. The predicted molar refractivity (Wildman–Crippen MR) is 130 cm³/mol. The largest absolute Gasteiger partial charge is 0.481 e. The second kappa shape index (κ2) is 11.2. The van der Waals surface area contributed by atoms with Gasteiger partial charge in [0.05, 0.1) is 5.92 Å². The van der Waals surface area contributed by atoms with E-state index in [2.05, 4.69) is 57.2 Å². The van der Waals surface area contributed by atoms with E-state index in [4.69, 9.17) is 0 Å². The van der Waals surface area contributed by atoms with Gasteiger partial charge in [0, 0.05) is 5.41 Å². The number of allylic oxidation sites excluding steroid dienone is 2. The summed E-state index contributed by atoms with van der Waals surface area (Å²) in [6, 6.07) is 8.93. The highest BCUT2D eigenvalue weighted by molar-refractivity contribution is 5.75. The lowest BCUT2D eigenvalue weighted by atomic mass is 9.60. The van der Waals surface area contributed by atoms with Crippen molar-refractivity contribution >= 4 is 5.97 Å². The molecule has 0 saturated heterocycles. The average Bonchev–Trinajstić information content (AvgIpc) is 2.80. The lowest BCUT2D eigenvalue weighted by Gasteiger charge is -2.43. The molecule has 0 aromatic heterocycles. The molecule has 2 heteroatoms. The van der Waals surface area contributed by atoms with Crippen molar-refractivity contribution in [1.82, 2.24) is 0 Å². The number of aliphatic carboxylic acids is 1. The van der Waals surface area contributed by atoms with Crippen LogP contribution >= 0.6 is 0 Å².